The third kappa shape index (κ3) is 8.79. The van der Waals surface area contributed by atoms with Crippen molar-refractivity contribution in [3.05, 3.63) is 95.3 Å². The predicted molar refractivity (Wildman–Crippen MR) is 180 cm³/mol. The second kappa shape index (κ2) is 14.0. The van der Waals surface area contributed by atoms with Gasteiger partial charge in [-0.15, -0.1) is 0 Å². The number of hydrogen-bond acceptors (Lipinski definition) is 6. The second-order valence-corrected chi connectivity index (χ2v) is 19.6. The number of ether oxygens (including phenoxy) is 1. The van der Waals surface area contributed by atoms with E-state index in [4.69, 9.17) is 9.16 Å². The van der Waals surface area contributed by atoms with E-state index >= 15 is 0 Å². The molecule has 1 fully saturated rings. The molecule has 3 atom stereocenters. The SMILES string of the molecule is CN(Cc1cccnc1)C(=O)c1ccc(C[C@@H]2CC[C@H]([C@H](O[Si](C)(C)C(C)(C)C)c3cncc(F)c3)N2C(=O)OC(C)(C)C)cc1. The Hall–Kier alpha value is -3.63. The van der Waals surface area contributed by atoms with Crippen LogP contribution in [-0.4, -0.2) is 64.8 Å². The summed E-state index contributed by atoms with van der Waals surface area (Å²) in [4.78, 5) is 38.8. The van der Waals surface area contributed by atoms with Crippen molar-refractivity contribution in [3.8, 4) is 0 Å². The summed E-state index contributed by atoms with van der Waals surface area (Å²) in [5, 5.41) is -0.105. The van der Waals surface area contributed by atoms with Crippen molar-refractivity contribution in [2.45, 2.75) is 109 Å². The summed E-state index contributed by atoms with van der Waals surface area (Å²) >= 11 is 0. The molecule has 1 aliphatic heterocycles. The van der Waals surface area contributed by atoms with Crippen molar-refractivity contribution in [1.29, 1.82) is 0 Å². The summed E-state index contributed by atoms with van der Waals surface area (Å²) in [7, 11) is -0.588. The van der Waals surface area contributed by atoms with Crippen molar-refractivity contribution in [2.24, 2.45) is 0 Å². The van der Waals surface area contributed by atoms with Crippen molar-refractivity contribution in [2.75, 3.05) is 7.05 Å². The van der Waals surface area contributed by atoms with E-state index in [0.29, 0.717) is 30.5 Å². The molecule has 0 spiro atoms. The minimum Gasteiger partial charge on any atom is -0.444 e. The van der Waals surface area contributed by atoms with E-state index in [2.05, 4.69) is 43.8 Å². The molecule has 0 aliphatic carbocycles. The van der Waals surface area contributed by atoms with Crippen LogP contribution in [-0.2, 0) is 22.1 Å². The normalized spacial score (nSPS) is 17.9. The van der Waals surface area contributed by atoms with Gasteiger partial charge in [-0.05, 0) is 93.6 Å². The quantitative estimate of drug-likeness (QED) is 0.219. The summed E-state index contributed by atoms with van der Waals surface area (Å²) in [6, 6.07) is 12.3. The molecule has 0 bridgehead atoms. The van der Waals surface area contributed by atoms with Gasteiger partial charge in [-0.3, -0.25) is 19.7 Å². The number of carbonyl (C=O) groups excluding carboxylic acids is 2. The Labute approximate surface area is 274 Å². The van der Waals surface area contributed by atoms with Gasteiger partial charge < -0.3 is 14.1 Å². The van der Waals surface area contributed by atoms with Gasteiger partial charge in [0.1, 0.15) is 11.4 Å². The van der Waals surface area contributed by atoms with Crippen LogP contribution in [0.5, 0.6) is 0 Å². The maximum absolute atomic E-state index is 14.5. The van der Waals surface area contributed by atoms with Gasteiger partial charge in [0.15, 0.2) is 8.32 Å². The van der Waals surface area contributed by atoms with E-state index in [1.807, 2.05) is 62.1 Å². The van der Waals surface area contributed by atoms with Gasteiger partial charge in [0, 0.05) is 49.4 Å². The van der Waals surface area contributed by atoms with E-state index in [1.165, 1.54) is 12.3 Å². The lowest BCUT2D eigenvalue weighted by atomic mass is 10.0. The lowest BCUT2D eigenvalue weighted by molar-refractivity contribution is -0.00247. The van der Waals surface area contributed by atoms with Gasteiger partial charge >= 0.3 is 6.09 Å². The Morgan fingerprint density at radius 3 is 2.28 bits per heavy atom. The van der Waals surface area contributed by atoms with E-state index in [-0.39, 0.29) is 23.0 Å². The fourth-order valence-electron chi connectivity index (χ4n) is 5.57. The smallest absolute Gasteiger partial charge is 0.410 e. The first-order valence-corrected chi connectivity index (χ1v) is 18.9. The Morgan fingerprint density at radius 1 is 1.00 bits per heavy atom. The molecule has 0 saturated carbocycles. The van der Waals surface area contributed by atoms with Crippen LogP contribution in [0.3, 0.4) is 0 Å². The van der Waals surface area contributed by atoms with Crippen LogP contribution < -0.4 is 0 Å². The number of nitrogens with zero attached hydrogens (tertiary/aromatic N) is 4. The first-order valence-electron chi connectivity index (χ1n) is 16.0. The molecule has 4 rings (SSSR count). The van der Waals surface area contributed by atoms with Crippen LogP contribution in [0.1, 0.15) is 87.5 Å². The minimum absolute atomic E-state index is 0.0824. The van der Waals surface area contributed by atoms with Gasteiger partial charge in [-0.25, -0.2) is 9.18 Å². The number of aromatic nitrogens is 2. The van der Waals surface area contributed by atoms with Crippen LogP contribution in [0.2, 0.25) is 18.1 Å². The number of hydrogen-bond donors (Lipinski definition) is 0. The van der Waals surface area contributed by atoms with Gasteiger partial charge in [-0.2, -0.15) is 0 Å². The highest BCUT2D eigenvalue weighted by Crippen LogP contribution is 2.44. The van der Waals surface area contributed by atoms with Gasteiger partial charge in [-0.1, -0.05) is 39.0 Å². The molecule has 3 aromatic rings. The molecular weight excluding hydrogens is 600 g/mol. The molecule has 46 heavy (non-hydrogen) atoms. The monoisotopic (exact) mass is 648 g/mol. The summed E-state index contributed by atoms with van der Waals surface area (Å²) in [5.41, 5.74) is 2.46. The maximum Gasteiger partial charge on any atom is 0.410 e. The maximum atomic E-state index is 14.5. The third-order valence-corrected chi connectivity index (χ3v) is 13.4. The number of rotatable bonds is 9. The first kappa shape index (κ1) is 35.2. The van der Waals surface area contributed by atoms with Crippen molar-refractivity contribution in [3.63, 3.8) is 0 Å². The summed E-state index contributed by atoms with van der Waals surface area (Å²) in [6.07, 6.45) is 7.25. The molecule has 2 aromatic heterocycles. The van der Waals surface area contributed by atoms with Crippen LogP contribution in [0.15, 0.2) is 67.3 Å². The molecule has 2 amide bonds. The molecule has 1 aromatic carbocycles. The molecule has 3 heterocycles. The average molecular weight is 649 g/mol. The molecule has 10 heteroatoms. The van der Waals surface area contributed by atoms with E-state index in [1.54, 1.807) is 30.5 Å². The van der Waals surface area contributed by atoms with E-state index < -0.39 is 31.9 Å². The Morgan fingerprint density at radius 2 is 1.70 bits per heavy atom. The Kier molecular flexibility index (Phi) is 10.7. The summed E-state index contributed by atoms with van der Waals surface area (Å²) in [6.45, 7) is 16.8. The number of halogens is 1. The standard InChI is InChI=1S/C36H49FN4O4Si/c1-35(2,3)44-34(43)41-30(19-25-12-14-27(15-13-25)33(42)40(7)24-26-11-10-18-38-21-26)16-17-31(41)32(28-20-29(37)23-39-22-28)45-46(8,9)36(4,5)6/h10-15,18,20-23,30-32H,16-17,19,24H2,1-9H3/t30-,31+,32+/m0/s1. The second-order valence-electron chi connectivity index (χ2n) is 14.8. The summed E-state index contributed by atoms with van der Waals surface area (Å²) < 4.78 is 27.5. The molecule has 8 nitrogen and oxygen atoms in total. The zero-order chi connectivity index (χ0) is 33.9. The van der Waals surface area contributed by atoms with Crippen molar-refractivity contribution in [1.82, 2.24) is 19.8 Å². The first-order chi connectivity index (χ1) is 21.4. The molecule has 0 radical (unpaired) electrons. The van der Waals surface area contributed by atoms with Crippen LogP contribution in [0.25, 0.3) is 0 Å². The molecular formula is C36H49FN4O4Si. The molecule has 0 unspecified atom stereocenters. The van der Waals surface area contributed by atoms with Crippen LogP contribution in [0.4, 0.5) is 9.18 Å². The fourth-order valence-corrected chi connectivity index (χ4v) is 6.85. The van der Waals surface area contributed by atoms with Gasteiger partial charge in [0.05, 0.1) is 18.3 Å². The highest BCUT2D eigenvalue weighted by molar-refractivity contribution is 6.74. The Balaban J connectivity index is 1.60. The highest BCUT2D eigenvalue weighted by atomic mass is 28.4. The zero-order valence-corrected chi connectivity index (χ0v) is 29.7. The Bertz CT molecular complexity index is 1490. The minimum atomic E-state index is -2.36. The zero-order valence-electron chi connectivity index (χ0n) is 28.7. The van der Waals surface area contributed by atoms with Gasteiger partial charge in [0.25, 0.3) is 5.91 Å². The topological polar surface area (TPSA) is 84.9 Å². The fraction of sp³-hybridized carbons (Fsp3) is 0.500. The third-order valence-electron chi connectivity index (χ3n) is 8.94. The highest BCUT2D eigenvalue weighted by Gasteiger charge is 2.48. The largest absolute Gasteiger partial charge is 0.444 e. The van der Waals surface area contributed by atoms with Gasteiger partial charge in [0.2, 0.25) is 0 Å². The van der Waals surface area contributed by atoms with E-state index in [0.717, 1.165) is 17.5 Å². The lowest BCUT2D eigenvalue weighted by Crippen LogP contribution is -2.50. The molecule has 1 saturated heterocycles. The van der Waals surface area contributed by atoms with Crippen molar-refractivity contribution < 1.29 is 23.1 Å². The number of amides is 2. The van der Waals surface area contributed by atoms with Crippen LogP contribution >= 0.6 is 0 Å². The van der Waals surface area contributed by atoms with Crippen molar-refractivity contribution >= 4 is 20.3 Å². The number of likely N-dealkylation sites (tertiary alicyclic amines) is 1. The average Bonchev–Trinajstić information content (AvgIpc) is 3.38. The lowest BCUT2D eigenvalue weighted by Gasteiger charge is -2.43. The van der Waals surface area contributed by atoms with E-state index in [9.17, 15) is 14.0 Å². The number of carbonyl (C=O) groups is 2. The number of benzene rings is 1. The number of pyridine rings is 2. The molecule has 248 valence electrons. The predicted octanol–water partition coefficient (Wildman–Crippen LogP) is 7.96. The molecule has 1 aliphatic rings. The van der Waals surface area contributed by atoms with Crippen LogP contribution in [0, 0.1) is 5.82 Å². The summed E-state index contributed by atoms with van der Waals surface area (Å²) in [5.74, 6) is -0.526. The molecule has 0 N–H and O–H groups in total.